The average Bonchev–Trinajstić information content (AvgIpc) is 3.06. The van der Waals surface area contributed by atoms with Crippen LogP contribution in [0.1, 0.15) is 22.6 Å². The van der Waals surface area contributed by atoms with Gasteiger partial charge in [0.25, 0.3) is 0 Å². The molecule has 30 heavy (non-hydrogen) atoms. The van der Waals surface area contributed by atoms with E-state index in [-0.39, 0.29) is 18.9 Å². The van der Waals surface area contributed by atoms with Crippen LogP contribution in [-0.4, -0.2) is 34.7 Å². The second kappa shape index (κ2) is 8.47. The molecule has 0 spiro atoms. The quantitative estimate of drug-likeness (QED) is 0.465. The molecular formula is C24H22N2O4. The Morgan fingerprint density at radius 1 is 1.00 bits per heavy atom. The number of nitrogens with two attached hydrogens (primary N) is 1. The first-order valence-corrected chi connectivity index (χ1v) is 9.78. The fourth-order valence-corrected chi connectivity index (χ4v) is 4.06. The Hall–Kier alpha value is -3.51. The van der Waals surface area contributed by atoms with Crippen molar-refractivity contribution in [1.29, 1.82) is 0 Å². The Kier molecular flexibility index (Phi) is 5.59. The fraction of sp³-hybridized carbons (Fsp3) is 0.208. The van der Waals surface area contributed by atoms with Crippen LogP contribution in [0.2, 0.25) is 0 Å². The van der Waals surface area contributed by atoms with Crippen LogP contribution >= 0.6 is 0 Å². The van der Waals surface area contributed by atoms with Crippen LogP contribution in [0, 0.1) is 5.92 Å². The van der Waals surface area contributed by atoms with Crippen LogP contribution in [0.25, 0.3) is 11.1 Å². The molecule has 0 saturated carbocycles. The fourth-order valence-electron chi connectivity index (χ4n) is 4.06. The summed E-state index contributed by atoms with van der Waals surface area (Å²) in [6.07, 6.45) is 3.45. The van der Waals surface area contributed by atoms with Gasteiger partial charge in [0.15, 0.2) is 5.92 Å². The summed E-state index contributed by atoms with van der Waals surface area (Å²) in [5.74, 6) is -3.69. The van der Waals surface area contributed by atoms with Gasteiger partial charge in [-0.2, -0.15) is 0 Å². The molecule has 0 fully saturated rings. The molecule has 0 aliphatic heterocycles. The molecule has 4 rings (SSSR count). The van der Waals surface area contributed by atoms with E-state index in [4.69, 9.17) is 10.5 Å². The van der Waals surface area contributed by atoms with Gasteiger partial charge in [-0.3, -0.25) is 14.6 Å². The minimum atomic E-state index is -1.45. The van der Waals surface area contributed by atoms with Gasteiger partial charge < -0.3 is 15.6 Å². The smallest absolute Gasteiger partial charge is 0.321 e. The molecule has 3 aromatic rings. The Bertz CT molecular complexity index is 1020. The lowest BCUT2D eigenvalue weighted by atomic mass is 9.94. The van der Waals surface area contributed by atoms with Crippen LogP contribution in [-0.2, 0) is 20.7 Å². The molecule has 1 aromatic heterocycles. The summed E-state index contributed by atoms with van der Waals surface area (Å²) in [4.78, 5) is 28.5. The largest absolute Gasteiger partial charge is 0.481 e. The van der Waals surface area contributed by atoms with Crippen molar-refractivity contribution in [2.45, 2.75) is 18.4 Å². The van der Waals surface area contributed by atoms with Gasteiger partial charge in [0.05, 0.1) is 0 Å². The lowest BCUT2D eigenvalue weighted by Crippen LogP contribution is -2.43. The van der Waals surface area contributed by atoms with Crippen LogP contribution in [0.3, 0.4) is 0 Å². The Balaban J connectivity index is 1.50. The number of hydrogen-bond donors (Lipinski definition) is 2. The van der Waals surface area contributed by atoms with Gasteiger partial charge in [0.2, 0.25) is 0 Å². The molecule has 1 aliphatic carbocycles. The highest BCUT2D eigenvalue weighted by Crippen LogP contribution is 2.44. The van der Waals surface area contributed by atoms with E-state index in [0.717, 1.165) is 27.8 Å². The number of pyridine rings is 1. The highest BCUT2D eigenvalue weighted by molar-refractivity contribution is 5.95. The van der Waals surface area contributed by atoms with Gasteiger partial charge in [-0.25, -0.2) is 0 Å². The Morgan fingerprint density at radius 3 is 2.20 bits per heavy atom. The van der Waals surface area contributed by atoms with Crippen molar-refractivity contribution in [2.24, 2.45) is 11.7 Å². The summed E-state index contributed by atoms with van der Waals surface area (Å²) in [6, 6.07) is 18.6. The summed E-state index contributed by atoms with van der Waals surface area (Å²) in [5.41, 5.74) is 11.2. The molecule has 2 aromatic carbocycles. The summed E-state index contributed by atoms with van der Waals surface area (Å²) in [7, 11) is 0. The summed E-state index contributed by atoms with van der Waals surface area (Å²) < 4.78 is 5.51. The van der Waals surface area contributed by atoms with E-state index in [1.165, 1.54) is 0 Å². The number of esters is 1. The molecule has 6 heteroatoms. The first-order valence-electron chi connectivity index (χ1n) is 9.78. The molecule has 0 radical (unpaired) electrons. The third-order valence-electron chi connectivity index (χ3n) is 5.50. The molecule has 6 nitrogen and oxygen atoms in total. The number of aliphatic carboxylic acids is 1. The average molecular weight is 402 g/mol. The normalized spacial score (nSPS) is 14.4. The molecule has 0 bridgehead atoms. The van der Waals surface area contributed by atoms with Gasteiger partial charge in [-0.05, 0) is 40.3 Å². The summed E-state index contributed by atoms with van der Waals surface area (Å²) >= 11 is 0. The number of aromatic nitrogens is 1. The van der Waals surface area contributed by atoms with Crippen molar-refractivity contribution in [1.82, 2.24) is 4.98 Å². The Morgan fingerprint density at radius 2 is 1.63 bits per heavy atom. The number of ether oxygens (including phenoxy) is 1. The second-order valence-corrected chi connectivity index (χ2v) is 7.40. The number of carbonyl (C=O) groups is 2. The highest BCUT2D eigenvalue weighted by Gasteiger charge is 2.36. The van der Waals surface area contributed by atoms with Gasteiger partial charge in [0, 0.05) is 24.4 Å². The van der Waals surface area contributed by atoms with E-state index < -0.39 is 23.9 Å². The second-order valence-electron chi connectivity index (χ2n) is 7.40. The number of carboxylic acid groups (broad SMARTS) is 1. The third-order valence-corrected chi connectivity index (χ3v) is 5.50. The SMILES string of the molecule is N[C@@H](Cc1cccnc1)[C@@H](C(=O)O)C(=O)OCC1c2ccccc2-c2ccccc21. The maximum atomic E-state index is 12.7. The molecule has 152 valence electrons. The number of rotatable bonds is 7. The van der Waals surface area contributed by atoms with Crippen LogP contribution in [0.15, 0.2) is 73.1 Å². The zero-order valence-corrected chi connectivity index (χ0v) is 16.3. The number of carboxylic acids is 1. The van der Waals surface area contributed by atoms with Crippen molar-refractivity contribution in [3.63, 3.8) is 0 Å². The molecule has 2 atom stereocenters. The van der Waals surface area contributed by atoms with Crippen LogP contribution in [0.4, 0.5) is 0 Å². The topological polar surface area (TPSA) is 103 Å². The maximum Gasteiger partial charge on any atom is 0.321 e. The predicted molar refractivity (Wildman–Crippen MR) is 112 cm³/mol. The molecule has 1 heterocycles. The van der Waals surface area contributed by atoms with E-state index in [1.54, 1.807) is 24.5 Å². The lowest BCUT2D eigenvalue weighted by molar-refractivity contribution is -0.159. The van der Waals surface area contributed by atoms with E-state index in [2.05, 4.69) is 4.98 Å². The molecule has 1 aliphatic rings. The van der Waals surface area contributed by atoms with Crippen molar-refractivity contribution in [3.05, 3.63) is 89.7 Å². The number of carbonyl (C=O) groups excluding carboxylic acids is 1. The van der Waals surface area contributed by atoms with E-state index in [1.807, 2.05) is 48.5 Å². The summed E-state index contributed by atoms with van der Waals surface area (Å²) in [5, 5.41) is 9.60. The van der Waals surface area contributed by atoms with Crippen molar-refractivity contribution in [2.75, 3.05) is 6.61 Å². The zero-order valence-electron chi connectivity index (χ0n) is 16.3. The summed E-state index contributed by atoms with van der Waals surface area (Å²) in [6.45, 7) is 0.0657. The molecular weight excluding hydrogens is 380 g/mol. The lowest BCUT2D eigenvalue weighted by Gasteiger charge is -2.21. The van der Waals surface area contributed by atoms with Crippen molar-refractivity contribution in [3.8, 4) is 11.1 Å². The minimum absolute atomic E-state index is 0.0657. The number of benzene rings is 2. The van der Waals surface area contributed by atoms with Crippen LogP contribution in [0.5, 0.6) is 0 Å². The molecule has 0 amide bonds. The monoisotopic (exact) mass is 402 g/mol. The first-order chi connectivity index (χ1) is 14.6. The number of hydrogen-bond acceptors (Lipinski definition) is 5. The number of nitrogens with zero attached hydrogens (tertiary/aromatic N) is 1. The molecule has 0 saturated heterocycles. The van der Waals surface area contributed by atoms with E-state index in [0.29, 0.717) is 0 Å². The van der Waals surface area contributed by atoms with Crippen LogP contribution < -0.4 is 5.73 Å². The van der Waals surface area contributed by atoms with Crippen molar-refractivity contribution >= 4 is 11.9 Å². The first kappa shape index (κ1) is 19.8. The van der Waals surface area contributed by atoms with Gasteiger partial charge in [0.1, 0.15) is 6.61 Å². The van der Waals surface area contributed by atoms with E-state index in [9.17, 15) is 14.7 Å². The molecule has 3 N–H and O–H groups in total. The number of fused-ring (bicyclic) bond motifs is 3. The third kappa shape index (κ3) is 3.82. The minimum Gasteiger partial charge on any atom is -0.481 e. The Labute approximate surface area is 174 Å². The van der Waals surface area contributed by atoms with Gasteiger partial charge in [-0.15, -0.1) is 0 Å². The zero-order chi connectivity index (χ0) is 21.1. The highest BCUT2D eigenvalue weighted by atomic mass is 16.5. The van der Waals surface area contributed by atoms with E-state index >= 15 is 0 Å². The predicted octanol–water partition coefficient (Wildman–Crippen LogP) is 3.01. The van der Waals surface area contributed by atoms with Gasteiger partial charge >= 0.3 is 11.9 Å². The standard InChI is InChI=1S/C24H22N2O4/c25-21(12-15-6-5-11-26-13-15)22(23(27)28)24(29)30-14-20-18-9-3-1-7-16(18)17-8-2-4-10-19(17)20/h1-11,13,20-22H,12,14,25H2,(H,27,28)/t21-,22-/m0/s1. The maximum absolute atomic E-state index is 12.7. The van der Waals surface area contributed by atoms with Crippen molar-refractivity contribution < 1.29 is 19.4 Å². The molecule has 0 unspecified atom stereocenters. The van der Waals surface area contributed by atoms with Gasteiger partial charge in [-0.1, -0.05) is 54.6 Å².